The van der Waals surface area contributed by atoms with E-state index in [0.717, 1.165) is 12.1 Å². The molecule has 0 rings (SSSR count). The molecule has 0 bridgehead atoms. The second-order valence-electron chi connectivity index (χ2n) is 33.1. The predicted molar refractivity (Wildman–Crippen MR) is 411 cm³/mol. The minimum atomic E-state index is -2.87. The maximum Gasteiger partial charge on any atom is 0.334 e. The monoisotopic (exact) mass is 1610 g/mol. The van der Waals surface area contributed by atoms with E-state index in [1.54, 1.807) is 14.2 Å². The molecule has 21 nitrogen and oxygen atoms in total. The van der Waals surface area contributed by atoms with Gasteiger partial charge >= 0.3 is 163 Å². The van der Waals surface area contributed by atoms with E-state index in [4.69, 9.17) is 87.0 Å². The van der Waals surface area contributed by atoms with Gasteiger partial charge in [0, 0.05) is 14.2 Å². The van der Waals surface area contributed by atoms with Crippen molar-refractivity contribution in [3.63, 3.8) is 0 Å². The first kappa shape index (κ1) is 91.7. The zero-order valence-corrected chi connectivity index (χ0v) is 85.5. The molecule has 530 valence electrons. The lowest BCUT2D eigenvalue weighted by atomic mass is 10.9. The van der Waals surface area contributed by atoms with Crippen LogP contribution in [0.5, 0.6) is 0 Å². The third-order valence-electron chi connectivity index (χ3n) is 11.5. The highest BCUT2D eigenvalue weighted by Crippen LogP contribution is 2.35. The van der Waals surface area contributed by atoms with Crippen molar-refractivity contribution in [2.75, 3.05) is 14.2 Å². The first-order chi connectivity index (χ1) is 37.8. The van der Waals surface area contributed by atoms with Crippen LogP contribution >= 0.6 is 0 Å². The van der Waals surface area contributed by atoms with E-state index in [0.29, 0.717) is 0 Å². The maximum atomic E-state index is 6.97. The molecule has 0 aromatic rings. The minimum Gasteiger partial charge on any atom is -0.437 e. The fourth-order valence-electron chi connectivity index (χ4n) is 12.7. The molecule has 0 aromatic heterocycles. The molecule has 0 fully saturated rings. The van der Waals surface area contributed by atoms with Crippen molar-refractivity contribution in [2.45, 2.75) is 287 Å². The Balaban J connectivity index is 5.84. The topological polar surface area (TPSA) is 194 Å². The summed E-state index contributed by atoms with van der Waals surface area (Å²) in [6.07, 6.45) is 0. The van der Waals surface area contributed by atoms with Gasteiger partial charge in [-0.15, -0.1) is 0 Å². The lowest BCUT2D eigenvalue weighted by Crippen LogP contribution is -2.63. The molecule has 0 aromatic carbocycles. The largest absolute Gasteiger partial charge is 0.437 e. The summed E-state index contributed by atoms with van der Waals surface area (Å²) in [6.45, 7) is 87.7. The van der Waals surface area contributed by atoms with E-state index in [9.17, 15) is 0 Å². The number of hydrogen-bond acceptors (Lipinski definition) is 21. The Labute approximate surface area is 562 Å². The Morgan fingerprint density at radius 2 is 0.261 bits per heavy atom. The van der Waals surface area contributed by atoms with E-state index in [1.165, 1.54) is 0 Å². The van der Waals surface area contributed by atoms with E-state index in [1.807, 2.05) is 0 Å². The van der Waals surface area contributed by atoms with Gasteiger partial charge in [0.05, 0.1) is 0 Å². The van der Waals surface area contributed by atoms with E-state index in [-0.39, 0.29) is 0 Å². The molecule has 0 heterocycles. The Morgan fingerprint density at radius 3 is 0.375 bits per heavy atom. The molecule has 0 saturated carbocycles. The van der Waals surface area contributed by atoms with Crippen LogP contribution in [0.4, 0.5) is 0 Å². The summed E-state index contributed by atoms with van der Waals surface area (Å²) in [5.74, 6) is 0. The van der Waals surface area contributed by atoms with E-state index < -0.39 is 179 Å². The fourth-order valence-corrected chi connectivity index (χ4v) is 119. The molecule has 88 heavy (non-hydrogen) atoms. The molecule has 0 aliphatic heterocycles. The Hall–Kier alpha value is 3.71. The second kappa shape index (κ2) is 31.3. The smallest absolute Gasteiger partial charge is 0.334 e. The van der Waals surface area contributed by atoms with Gasteiger partial charge in [0.2, 0.25) is 0 Å². The van der Waals surface area contributed by atoms with E-state index in [2.05, 4.69) is 275 Å². The van der Waals surface area contributed by atoms with Crippen LogP contribution in [0.3, 0.4) is 0 Å². The van der Waals surface area contributed by atoms with Crippen molar-refractivity contribution in [1.82, 2.24) is 0 Å². The van der Waals surface area contributed by atoms with Crippen molar-refractivity contribution in [1.29, 1.82) is 0 Å². The molecule has 0 radical (unpaired) electrons. The molecule has 0 spiro atoms. The third kappa shape index (κ3) is 41.3. The summed E-state index contributed by atoms with van der Waals surface area (Å²) < 4.78 is 142. The summed E-state index contributed by atoms with van der Waals surface area (Å²) in [7, 11) is -52.6. The fraction of sp³-hybridized carbons (Fsp3) is 1.00. The molecule has 0 saturated heterocycles. The predicted octanol–water partition coefficient (Wildman–Crippen LogP) is 16.3. The second-order valence-corrected chi connectivity index (χ2v) is 111. The van der Waals surface area contributed by atoms with Gasteiger partial charge in [-0.05, 0) is 287 Å². The highest BCUT2D eigenvalue weighted by molar-refractivity contribution is 6.96. The summed E-state index contributed by atoms with van der Waals surface area (Å²) >= 11 is 0. The van der Waals surface area contributed by atoms with Crippen LogP contribution in [0, 0.1) is 0 Å². The van der Waals surface area contributed by atoms with Gasteiger partial charge < -0.3 is 87.0 Å². The van der Waals surface area contributed by atoms with Crippen LogP contribution in [0.25, 0.3) is 0 Å². The van der Waals surface area contributed by atoms with Gasteiger partial charge in [0.1, 0.15) is 0 Å². The lowest BCUT2D eigenvalue weighted by Gasteiger charge is -2.45. The number of hydrogen-bond donors (Lipinski definition) is 0. The van der Waals surface area contributed by atoms with Gasteiger partial charge in [-0.2, -0.15) is 0 Å². The Kier molecular flexibility index (Phi) is 32.6. The number of rotatable bonds is 43. The molecule has 0 amide bonds. The highest BCUT2D eigenvalue weighted by atomic mass is 28.6. The Bertz CT molecular complexity index is 2190. The molecule has 0 N–H and O–H groups in total. The molecule has 0 aliphatic carbocycles. The summed E-state index contributed by atoms with van der Waals surface area (Å²) in [5, 5.41) is 0. The van der Waals surface area contributed by atoms with Crippen molar-refractivity contribution in [3.8, 4) is 0 Å². The third-order valence-corrected chi connectivity index (χ3v) is 91.8. The highest BCUT2D eigenvalue weighted by Gasteiger charge is 2.55. The SMILES string of the molecule is CO[Si](C)(CC[Si](C)(C)O[Si](C)(C)O[Si](C)(C)O[Si](C)(C)O[Si](C)(C)O[Si](C)(C)O[Si](C)(C)O[Si](C)(C)O[Si](C)(C)O[Si](C)(C)O[Si](C)(C)O[Si](C)(C)O[Si](C)(C)O[Si](C)(C)O[Si](C)(C)O[Si](C)(C)O[Si](C)(C)O[Si](C)(C)O[Si](C)(C)O[Si](C)(C)C)OC. The van der Waals surface area contributed by atoms with Crippen LogP contribution in [0.15, 0.2) is 0 Å². The summed E-state index contributed by atoms with van der Waals surface area (Å²) in [5.41, 5.74) is 0. The van der Waals surface area contributed by atoms with E-state index >= 15 is 0 Å². The average molecular weight is 1620 g/mol. The van der Waals surface area contributed by atoms with Crippen molar-refractivity contribution >= 4 is 179 Å². The molecule has 0 unspecified atom stereocenters. The normalized spacial score (nSPS) is 16.1. The van der Waals surface area contributed by atoms with Gasteiger partial charge in [-0.3, -0.25) is 0 Å². The van der Waals surface area contributed by atoms with Crippen molar-refractivity contribution in [2.24, 2.45) is 0 Å². The van der Waals surface area contributed by atoms with Crippen LogP contribution in [-0.4, -0.2) is 194 Å². The van der Waals surface area contributed by atoms with Crippen molar-refractivity contribution < 1.29 is 87.0 Å². The lowest BCUT2D eigenvalue weighted by molar-refractivity contribution is 0.248. The van der Waals surface area contributed by atoms with Gasteiger partial charge in [-0.25, -0.2) is 0 Å². The summed E-state index contributed by atoms with van der Waals surface area (Å²) in [6, 6.07) is 1.79. The maximum absolute atomic E-state index is 6.97. The van der Waals surface area contributed by atoms with Gasteiger partial charge in [-0.1, -0.05) is 0 Å². The summed E-state index contributed by atoms with van der Waals surface area (Å²) in [4.78, 5) is 0. The van der Waals surface area contributed by atoms with Crippen LogP contribution in [0.1, 0.15) is 0 Å². The minimum absolute atomic E-state index is 0.870. The Morgan fingerprint density at radius 1 is 0.148 bits per heavy atom. The first-order valence-electron chi connectivity index (χ1n) is 31.2. The van der Waals surface area contributed by atoms with Crippen LogP contribution in [-0.2, 0) is 87.0 Å². The van der Waals surface area contributed by atoms with Gasteiger partial charge in [0.15, 0.2) is 16.6 Å². The standard InChI is InChI=1S/C46H136O21Si21/c1-47-88(44,48-2)46-45-69(6,7)50-71(10,11)52-73(14,15)54-75(18,19)56-77(22,23)58-79(26,27)60-81(30,31)62-83(34,35)64-85(38,39)66-87(42,43)67-86(40,41)65-84(36,37)63-82(32,33)61-80(28,29)59-78(24,25)57-76(20,21)55-74(16,17)53-72(12,13)51-70(8,9)49-68(3,4)5/h45-46H2,1-44H3. The molecular formula is C46H136O21Si21. The van der Waals surface area contributed by atoms with Crippen LogP contribution in [0.2, 0.25) is 287 Å². The zero-order valence-electron chi connectivity index (χ0n) is 64.5. The molecule has 0 atom stereocenters. The average Bonchev–Trinajstić information content (AvgIpc) is 3.06. The zero-order chi connectivity index (χ0) is 70.8. The molecule has 42 heteroatoms. The van der Waals surface area contributed by atoms with Crippen LogP contribution < -0.4 is 0 Å². The molecular weight excluding hydrogens is 1480 g/mol. The van der Waals surface area contributed by atoms with Crippen molar-refractivity contribution in [3.05, 3.63) is 0 Å². The van der Waals surface area contributed by atoms with Gasteiger partial charge in [0.25, 0.3) is 0 Å². The quantitative estimate of drug-likeness (QED) is 0.0523. The molecule has 0 aliphatic rings. The first-order valence-corrected chi connectivity index (χ1v) is 90.9.